The third-order valence-corrected chi connectivity index (χ3v) is 5.26. The van der Waals surface area contributed by atoms with Gasteiger partial charge in [0, 0.05) is 0 Å². The maximum Gasteiger partial charge on any atom is 0.292 e. The lowest BCUT2D eigenvalue weighted by atomic mass is 9.98. The first-order chi connectivity index (χ1) is 15.7. The van der Waals surface area contributed by atoms with Gasteiger partial charge in [0.15, 0.2) is 0 Å². The Kier molecular flexibility index (Phi) is 6.53. The van der Waals surface area contributed by atoms with Crippen molar-refractivity contribution < 1.29 is 9.53 Å². The minimum absolute atomic E-state index is 0.555. The van der Waals surface area contributed by atoms with Crippen LogP contribution in [0.3, 0.4) is 0 Å². The van der Waals surface area contributed by atoms with Gasteiger partial charge in [0.1, 0.15) is 5.75 Å². The van der Waals surface area contributed by atoms with Gasteiger partial charge in [-0.2, -0.15) is 4.99 Å². The molecule has 4 aromatic rings. The number of benzene rings is 4. The molecule has 0 spiro atoms. The summed E-state index contributed by atoms with van der Waals surface area (Å²) in [6, 6.07) is 32.3. The molecule has 0 unspecified atom stereocenters. The Morgan fingerprint density at radius 1 is 0.625 bits per heavy atom. The SMILES string of the molecule is N#COc1ccc(Cc2ccc(-c3ccc(Cc4ccc(N=C=O)cc4)cc3)cc2)cc1. The lowest BCUT2D eigenvalue weighted by molar-refractivity contribution is 0.507. The van der Waals surface area contributed by atoms with Crippen LogP contribution in [-0.2, 0) is 17.6 Å². The van der Waals surface area contributed by atoms with Crippen LogP contribution < -0.4 is 4.74 Å². The number of nitrogens with zero attached hydrogens (tertiary/aromatic N) is 2. The summed E-state index contributed by atoms with van der Waals surface area (Å²) in [6.07, 6.45) is 4.88. The molecule has 0 bridgehead atoms. The Balaban J connectivity index is 1.39. The first-order valence-electron chi connectivity index (χ1n) is 10.2. The summed E-state index contributed by atoms with van der Waals surface area (Å²) in [4.78, 5) is 13.9. The molecule has 0 saturated carbocycles. The van der Waals surface area contributed by atoms with Gasteiger partial charge in [-0.05, 0) is 70.5 Å². The van der Waals surface area contributed by atoms with Gasteiger partial charge in [-0.25, -0.2) is 4.79 Å². The number of isocyanates is 1. The van der Waals surface area contributed by atoms with Gasteiger partial charge in [-0.1, -0.05) is 72.8 Å². The van der Waals surface area contributed by atoms with E-state index < -0.39 is 0 Å². The molecule has 0 atom stereocenters. The monoisotopic (exact) mass is 416 g/mol. The van der Waals surface area contributed by atoms with Crippen molar-refractivity contribution >= 4 is 11.8 Å². The molecule has 0 aromatic heterocycles. The van der Waals surface area contributed by atoms with E-state index in [4.69, 9.17) is 10.00 Å². The molecule has 0 aliphatic heterocycles. The van der Waals surface area contributed by atoms with Crippen LogP contribution in [0.15, 0.2) is 102 Å². The predicted octanol–water partition coefficient (Wildman–Crippen LogP) is 6.36. The van der Waals surface area contributed by atoms with Crippen molar-refractivity contribution in [1.29, 1.82) is 5.26 Å². The number of hydrogen-bond donors (Lipinski definition) is 0. The zero-order chi connectivity index (χ0) is 22.2. The molecule has 4 heteroatoms. The van der Waals surface area contributed by atoms with Gasteiger partial charge in [0.2, 0.25) is 6.08 Å². The Labute approximate surface area is 187 Å². The van der Waals surface area contributed by atoms with Crippen molar-refractivity contribution in [3.63, 3.8) is 0 Å². The largest absolute Gasteiger partial charge is 0.388 e. The summed E-state index contributed by atoms with van der Waals surface area (Å²) in [5.41, 5.74) is 7.75. The second kappa shape index (κ2) is 10.0. The molecule has 0 aliphatic carbocycles. The highest BCUT2D eigenvalue weighted by molar-refractivity contribution is 5.64. The van der Waals surface area contributed by atoms with Gasteiger partial charge < -0.3 is 4.74 Å². The second-order valence-electron chi connectivity index (χ2n) is 7.45. The molecule has 0 amide bonds. The summed E-state index contributed by atoms with van der Waals surface area (Å²) in [6.45, 7) is 0. The van der Waals surface area contributed by atoms with Crippen LogP contribution in [0.2, 0.25) is 0 Å². The fourth-order valence-electron chi connectivity index (χ4n) is 3.57. The van der Waals surface area contributed by atoms with Gasteiger partial charge in [0.05, 0.1) is 5.69 Å². The lowest BCUT2D eigenvalue weighted by Gasteiger charge is -2.07. The number of aliphatic imine (C=N–C) groups is 1. The highest BCUT2D eigenvalue weighted by atomic mass is 16.5. The van der Waals surface area contributed by atoms with E-state index in [1.165, 1.54) is 33.4 Å². The van der Waals surface area contributed by atoms with E-state index in [0.29, 0.717) is 11.4 Å². The molecule has 0 radical (unpaired) electrons. The summed E-state index contributed by atoms with van der Waals surface area (Å²) in [5.74, 6) is 0.555. The molecule has 4 aromatic carbocycles. The molecule has 0 heterocycles. The van der Waals surface area contributed by atoms with Gasteiger partial charge in [-0.15, -0.1) is 5.26 Å². The van der Waals surface area contributed by atoms with Crippen molar-refractivity contribution in [2.45, 2.75) is 12.8 Å². The first-order valence-corrected chi connectivity index (χ1v) is 10.2. The summed E-state index contributed by atoms with van der Waals surface area (Å²) < 4.78 is 4.82. The van der Waals surface area contributed by atoms with E-state index in [9.17, 15) is 4.79 Å². The Bertz CT molecular complexity index is 1260. The maximum atomic E-state index is 10.3. The van der Waals surface area contributed by atoms with E-state index in [1.54, 1.807) is 12.3 Å². The number of hydrogen-bond acceptors (Lipinski definition) is 4. The van der Waals surface area contributed by atoms with E-state index in [1.807, 2.05) is 48.5 Å². The fraction of sp³-hybridized carbons (Fsp3) is 0.0714. The van der Waals surface area contributed by atoms with Gasteiger partial charge >= 0.3 is 0 Å². The number of rotatable bonds is 7. The zero-order valence-corrected chi connectivity index (χ0v) is 17.4. The quantitative estimate of drug-likeness (QED) is 0.200. The van der Waals surface area contributed by atoms with Crippen LogP contribution in [-0.4, -0.2) is 6.08 Å². The predicted molar refractivity (Wildman–Crippen MR) is 124 cm³/mol. The summed E-state index contributed by atoms with van der Waals surface area (Å²) in [7, 11) is 0. The van der Waals surface area contributed by atoms with Crippen LogP contribution >= 0.6 is 0 Å². The van der Waals surface area contributed by atoms with Crippen LogP contribution in [0.1, 0.15) is 22.3 Å². The topological polar surface area (TPSA) is 62.4 Å². The zero-order valence-electron chi connectivity index (χ0n) is 17.4. The molecule has 32 heavy (non-hydrogen) atoms. The van der Waals surface area contributed by atoms with Crippen LogP contribution in [0.25, 0.3) is 11.1 Å². The maximum absolute atomic E-state index is 10.3. The van der Waals surface area contributed by atoms with Crippen molar-refractivity contribution in [1.82, 2.24) is 0 Å². The number of ether oxygens (including phenoxy) is 1. The third-order valence-electron chi connectivity index (χ3n) is 5.26. The molecule has 4 nitrogen and oxygen atoms in total. The van der Waals surface area contributed by atoms with Crippen molar-refractivity contribution in [2.24, 2.45) is 4.99 Å². The average Bonchev–Trinajstić information content (AvgIpc) is 2.83. The van der Waals surface area contributed by atoms with Crippen LogP contribution in [0, 0.1) is 11.5 Å². The molecule has 4 rings (SSSR count). The highest BCUT2D eigenvalue weighted by Crippen LogP contribution is 2.23. The summed E-state index contributed by atoms with van der Waals surface area (Å²) in [5, 5.41) is 8.57. The molecule has 0 N–H and O–H groups in total. The Morgan fingerprint density at radius 3 is 1.44 bits per heavy atom. The van der Waals surface area contributed by atoms with E-state index in [-0.39, 0.29) is 0 Å². The molecule has 0 fully saturated rings. The third kappa shape index (κ3) is 5.37. The molecule has 154 valence electrons. The van der Waals surface area contributed by atoms with E-state index in [0.717, 1.165) is 12.8 Å². The number of nitriles is 1. The number of carbonyl (C=O) groups excluding carboxylic acids is 1. The molecule has 0 aliphatic rings. The van der Waals surface area contributed by atoms with Crippen molar-refractivity contribution in [3.05, 3.63) is 119 Å². The first kappa shape index (κ1) is 20.8. The summed E-state index contributed by atoms with van der Waals surface area (Å²) >= 11 is 0. The van der Waals surface area contributed by atoms with Crippen molar-refractivity contribution in [3.8, 4) is 23.1 Å². The Morgan fingerprint density at radius 2 is 1.03 bits per heavy atom. The average molecular weight is 416 g/mol. The molecular formula is C28H20N2O2. The molecular weight excluding hydrogens is 396 g/mol. The van der Waals surface area contributed by atoms with Crippen molar-refractivity contribution in [2.75, 3.05) is 0 Å². The fourth-order valence-corrected chi connectivity index (χ4v) is 3.57. The second-order valence-corrected chi connectivity index (χ2v) is 7.45. The van der Waals surface area contributed by atoms with Crippen LogP contribution in [0.4, 0.5) is 5.69 Å². The Hall–Kier alpha value is -4.45. The van der Waals surface area contributed by atoms with E-state index in [2.05, 4.69) is 53.5 Å². The van der Waals surface area contributed by atoms with Gasteiger partial charge in [-0.3, -0.25) is 0 Å². The molecule has 0 saturated heterocycles. The minimum Gasteiger partial charge on any atom is -0.388 e. The lowest BCUT2D eigenvalue weighted by Crippen LogP contribution is -1.90. The standard InChI is InChI=1S/C28H20N2O2/c29-19-32-28-15-7-24(8-16-28)18-22-3-11-26(12-4-22)25-9-1-21(2-10-25)17-23-5-13-27(14-6-23)30-20-31/h1-16H,17-18H2. The van der Waals surface area contributed by atoms with Gasteiger partial charge in [0.25, 0.3) is 6.26 Å². The smallest absolute Gasteiger partial charge is 0.292 e. The highest BCUT2D eigenvalue weighted by Gasteiger charge is 2.03. The van der Waals surface area contributed by atoms with E-state index >= 15 is 0 Å². The normalized spacial score (nSPS) is 10.1. The van der Waals surface area contributed by atoms with Crippen LogP contribution in [0.5, 0.6) is 5.75 Å². The minimum atomic E-state index is 0.555.